The molecule has 3 heteroatoms. The van der Waals surface area contributed by atoms with Crippen molar-refractivity contribution >= 4 is 11.7 Å². The molecule has 1 aliphatic heterocycles. The zero-order valence-electron chi connectivity index (χ0n) is 7.83. The summed E-state index contributed by atoms with van der Waals surface area (Å²) in [6, 6.07) is -0.195. The molecule has 0 aromatic rings. The second-order valence-electron chi connectivity index (χ2n) is 3.76. The van der Waals surface area contributed by atoms with E-state index in [-0.39, 0.29) is 24.2 Å². The van der Waals surface area contributed by atoms with Crippen molar-refractivity contribution in [1.82, 2.24) is 4.90 Å². The molecule has 1 atom stereocenters. The minimum atomic E-state index is -0.195. The summed E-state index contributed by atoms with van der Waals surface area (Å²) < 4.78 is 0. The fourth-order valence-electron chi connectivity index (χ4n) is 1.44. The van der Waals surface area contributed by atoms with E-state index < -0.39 is 0 Å². The fraction of sp³-hybridized carbons (Fsp3) is 0.778. The van der Waals surface area contributed by atoms with Gasteiger partial charge in [0.15, 0.2) is 5.78 Å². The number of ketones is 1. The van der Waals surface area contributed by atoms with Crippen molar-refractivity contribution in [3.63, 3.8) is 0 Å². The molecule has 1 rings (SSSR count). The first-order chi connectivity index (χ1) is 5.52. The van der Waals surface area contributed by atoms with Crippen molar-refractivity contribution in [2.45, 2.75) is 33.2 Å². The quantitative estimate of drug-likeness (QED) is 0.574. The minimum absolute atomic E-state index is 0.0128. The Morgan fingerprint density at radius 2 is 2.08 bits per heavy atom. The van der Waals surface area contributed by atoms with Gasteiger partial charge in [0.05, 0.1) is 12.5 Å². The first-order valence-corrected chi connectivity index (χ1v) is 4.34. The van der Waals surface area contributed by atoms with Crippen molar-refractivity contribution in [2.75, 3.05) is 6.54 Å². The highest BCUT2D eigenvalue weighted by Crippen LogP contribution is 2.16. The monoisotopic (exact) mass is 169 g/mol. The fourth-order valence-corrected chi connectivity index (χ4v) is 1.44. The number of hydrogen-bond donors (Lipinski definition) is 0. The summed E-state index contributed by atoms with van der Waals surface area (Å²) in [5, 5.41) is 0. The van der Waals surface area contributed by atoms with E-state index in [1.807, 2.05) is 13.8 Å². The average molecular weight is 169 g/mol. The van der Waals surface area contributed by atoms with Gasteiger partial charge in [0.2, 0.25) is 5.91 Å². The Morgan fingerprint density at radius 1 is 1.50 bits per heavy atom. The van der Waals surface area contributed by atoms with E-state index in [0.717, 1.165) is 0 Å². The Labute approximate surface area is 72.7 Å². The highest BCUT2D eigenvalue weighted by molar-refractivity contribution is 6.07. The average Bonchev–Trinajstić information content (AvgIpc) is 2.16. The lowest BCUT2D eigenvalue weighted by Gasteiger charge is -2.22. The topological polar surface area (TPSA) is 37.4 Å². The van der Waals surface area contributed by atoms with Gasteiger partial charge < -0.3 is 4.90 Å². The van der Waals surface area contributed by atoms with Crippen LogP contribution in [0.5, 0.6) is 0 Å². The molecule has 0 N–H and O–H groups in total. The summed E-state index contributed by atoms with van der Waals surface area (Å²) in [5.74, 6) is 0.476. The summed E-state index contributed by atoms with van der Waals surface area (Å²) in [6.07, 6.45) is 0.105. The molecule has 0 aliphatic carbocycles. The molecule has 12 heavy (non-hydrogen) atoms. The largest absolute Gasteiger partial charge is 0.332 e. The van der Waals surface area contributed by atoms with Crippen LogP contribution in [-0.2, 0) is 9.59 Å². The molecule has 68 valence electrons. The van der Waals surface area contributed by atoms with Gasteiger partial charge in [-0.25, -0.2) is 0 Å². The van der Waals surface area contributed by atoms with Crippen LogP contribution in [0.1, 0.15) is 27.2 Å². The lowest BCUT2D eigenvalue weighted by atomic mass is 10.2. The van der Waals surface area contributed by atoms with E-state index in [2.05, 4.69) is 0 Å². The summed E-state index contributed by atoms with van der Waals surface area (Å²) in [6.45, 7) is 6.59. The Morgan fingerprint density at radius 3 is 2.42 bits per heavy atom. The molecule has 1 fully saturated rings. The van der Waals surface area contributed by atoms with Crippen LogP contribution in [0.2, 0.25) is 0 Å². The molecule has 1 unspecified atom stereocenters. The summed E-state index contributed by atoms with van der Waals surface area (Å²) in [7, 11) is 0. The van der Waals surface area contributed by atoms with Crippen LogP contribution in [0, 0.1) is 5.92 Å². The van der Waals surface area contributed by atoms with Crippen LogP contribution < -0.4 is 0 Å². The van der Waals surface area contributed by atoms with Gasteiger partial charge in [0.1, 0.15) is 0 Å². The van der Waals surface area contributed by atoms with E-state index in [0.29, 0.717) is 12.5 Å². The highest BCUT2D eigenvalue weighted by Gasteiger charge is 2.34. The molecular formula is C9H15NO2. The summed E-state index contributed by atoms with van der Waals surface area (Å²) in [4.78, 5) is 24.0. The number of carbonyl (C=O) groups is 2. The van der Waals surface area contributed by atoms with Crippen molar-refractivity contribution in [3.05, 3.63) is 0 Å². The van der Waals surface area contributed by atoms with Gasteiger partial charge in [-0.2, -0.15) is 0 Å². The molecule has 0 bridgehead atoms. The molecule has 3 nitrogen and oxygen atoms in total. The standard InChI is InChI=1S/C9H15NO2/c1-6(2)5-10-7(3)8(11)4-9(10)12/h6-7H,4-5H2,1-3H3. The lowest BCUT2D eigenvalue weighted by Crippen LogP contribution is -2.35. The Kier molecular flexibility index (Phi) is 2.50. The number of rotatable bonds is 2. The van der Waals surface area contributed by atoms with Gasteiger partial charge in [-0.05, 0) is 12.8 Å². The van der Waals surface area contributed by atoms with Crippen LogP contribution in [0.3, 0.4) is 0 Å². The lowest BCUT2D eigenvalue weighted by molar-refractivity contribution is -0.129. The third kappa shape index (κ3) is 1.65. The van der Waals surface area contributed by atoms with E-state index >= 15 is 0 Å². The highest BCUT2D eigenvalue weighted by atomic mass is 16.2. The normalized spacial score (nSPS) is 24.3. The summed E-state index contributed by atoms with van der Waals surface area (Å²) >= 11 is 0. The van der Waals surface area contributed by atoms with Gasteiger partial charge in [-0.1, -0.05) is 13.8 Å². The van der Waals surface area contributed by atoms with Crippen LogP contribution in [0.15, 0.2) is 0 Å². The molecule has 0 saturated carbocycles. The molecule has 1 saturated heterocycles. The van der Waals surface area contributed by atoms with Crippen LogP contribution >= 0.6 is 0 Å². The third-order valence-corrected chi connectivity index (χ3v) is 2.14. The Bertz CT molecular complexity index is 211. The van der Waals surface area contributed by atoms with Crippen LogP contribution in [-0.4, -0.2) is 29.2 Å². The molecule has 1 aliphatic rings. The maximum absolute atomic E-state index is 11.2. The van der Waals surface area contributed by atoms with Gasteiger partial charge in [0, 0.05) is 6.54 Å². The van der Waals surface area contributed by atoms with Gasteiger partial charge in [-0.15, -0.1) is 0 Å². The van der Waals surface area contributed by atoms with Gasteiger partial charge in [0.25, 0.3) is 0 Å². The van der Waals surface area contributed by atoms with E-state index in [1.165, 1.54) is 0 Å². The SMILES string of the molecule is CC(C)CN1C(=O)CC(=O)C1C. The van der Waals surface area contributed by atoms with Gasteiger partial charge >= 0.3 is 0 Å². The zero-order valence-corrected chi connectivity index (χ0v) is 7.83. The predicted octanol–water partition coefficient (Wildman–Crippen LogP) is 0.832. The van der Waals surface area contributed by atoms with Crippen molar-refractivity contribution in [3.8, 4) is 0 Å². The number of Topliss-reactive ketones (excluding diaryl/α,β-unsaturated/α-hetero) is 1. The molecule has 1 heterocycles. The number of hydrogen-bond acceptors (Lipinski definition) is 2. The maximum atomic E-state index is 11.2. The predicted molar refractivity (Wildman–Crippen MR) is 45.6 cm³/mol. The number of amides is 1. The van der Waals surface area contributed by atoms with Crippen LogP contribution in [0.25, 0.3) is 0 Å². The molecule has 1 amide bonds. The Hall–Kier alpha value is -0.860. The van der Waals surface area contributed by atoms with E-state index in [1.54, 1.807) is 11.8 Å². The first kappa shape index (κ1) is 9.23. The van der Waals surface area contributed by atoms with Gasteiger partial charge in [-0.3, -0.25) is 9.59 Å². The molecule has 0 radical (unpaired) electrons. The smallest absolute Gasteiger partial charge is 0.230 e. The van der Waals surface area contributed by atoms with Crippen molar-refractivity contribution < 1.29 is 9.59 Å². The summed E-state index contributed by atoms with van der Waals surface area (Å²) in [5.41, 5.74) is 0. The first-order valence-electron chi connectivity index (χ1n) is 4.34. The van der Waals surface area contributed by atoms with E-state index in [4.69, 9.17) is 0 Å². The molecule has 0 aromatic heterocycles. The second kappa shape index (κ2) is 3.25. The number of nitrogens with zero attached hydrogens (tertiary/aromatic N) is 1. The number of carbonyl (C=O) groups excluding carboxylic acids is 2. The second-order valence-corrected chi connectivity index (χ2v) is 3.76. The van der Waals surface area contributed by atoms with Crippen LogP contribution in [0.4, 0.5) is 0 Å². The molecule has 0 aromatic carbocycles. The molecule has 0 spiro atoms. The number of likely N-dealkylation sites (tertiary alicyclic amines) is 1. The minimum Gasteiger partial charge on any atom is -0.332 e. The Balaban J connectivity index is 2.63. The third-order valence-electron chi connectivity index (χ3n) is 2.14. The zero-order chi connectivity index (χ0) is 9.30. The van der Waals surface area contributed by atoms with Crippen molar-refractivity contribution in [2.24, 2.45) is 5.92 Å². The maximum Gasteiger partial charge on any atom is 0.230 e. The van der Waals surface area contributed by atoms with Crippen molar-refractivity contribution in [1.29, 1.82) is 0 Å². The van der Waals surface area contributed by atoms with E-state index in [9.17, 15) is 9.59 Å². The molecular weight excluding hydrogens is 154 g/mol.